The Morgan fingerprint density at radius 3 is 2.53 bits per heavy atom. The lowest BCUT2D eigenvalue weighted by atomic mass is 10.2. The van der Waals surface area contributed by atoms with E-state index in [1.54, 1.807) is 19.2 Å². The molecule has 2 aromatic carbocycles. The molecule has 0 spiro atoms. The van der Waals surface area contributed by atoms with Gasteiger partial charge in [0, 0.05) is 6.54 Å². The van der Waals surface area contributed by atoms with Crippen LogP contribution in [-0.2, 0) is 6.54 Å². The maximum atomic E-state index is 9.76. The summed E-state index contributed by atoms with van der Waals surface area (Å²) in [6.45, 7) is 0.648. The summed E-state index contributed by atoms with van der Waals surface area (Å²) in [6, 6.07) is 15.2. The van der Waals surface area contributed by atoms with Crippen LogP contribution >= 0.6 is 0 Å². The average molecular weight is 229 g/mol. The molecule has 17 heavy (non-hydrogen) atoms. The molecule has 0 bridgehead atoms. The second-order valence-corrected chi connectivity index (χ2v) is 3.69. The van der Waals surface area contributed by atoms with Crippen LogP contribution in [-0.4, -0.2) is 12.2 Å². The Morgan fingerprint density at radius 2 is 1.82 bits per heavy atom. The summed E-state index contributed by atoms with van der Waals surface area (Å²) in [5.74, 6) is 0.834. The first-order chi connectivity index (χ1) is 8.31. The van der Waals surface area contributed by atoms with E-state index in [9.17, 15) is 5.11 Å². The standard InChI is InChI=1S/C14H15NO2/c1-17-13-9-5-8-12(16)14(13)15-10-11-6-3-2-4-7-11/h2-9,15-16H,10H2,1H3. The number of ether oxygens (including phenoxy) is 1. The Hall–Kier alpha value is -2.16. The van der Waals surface area contributed by atoms with Gasteiger partial charge in [-0.3, -0.25) is 0 Å². The van der Waals surface area contributed by atoms with Gasteiger partial charge in [-0.2, -0.15) is 0 Å². The van der Waals surface area contributed by atoms with Crippen LogP contribution in [0.15, 0.2) is 48.5 Å². The number of aromatic hydroxyl groups is 1. The Balaban J connectivity index is 2.14. The molecule has 2 rings (SSSR count). The van der Waals surface area contributed by atoms with Crippen molar-refractivity contribution in [2.24, 2.45) is 0 Å². The molecule has 2 aromatic rings. The maximum absolute atomic E-state index is 9.76. The largest absolute Gasteiger partial charge is 0.506 e. The Kier molecular flexibility index (Phi) is 3.50. The van der Waals surface area contributed by atoms with E-state index in [1.807, 2.05) is 36.4 Å². The van der Waals surface area contributed by atoms with Gasteiger partial charge < -0.3 is 15.2 Å². The third-order valence-corrected chi connectivity index (χ3v) is 2.54. The van der Waals surface area contributed by atoms with Crippen LogP contribution in [0.3, 0.4) is 0 Å². The van der Waals surface area contributed by atoms with Gasteiger partial charge in [0.05, 0.1) is 7.11 Å². The summed E-state index contributed by atoms with van der Waals surface area (Å²) >= 11 is 0. The minimum absolute atomic E-state index is 0.195. The predicted octanol–water partition coefficient (Wildman–Crippen LogP) is 3.01. The molecule has 2 N–H and O–H groups in total. The van der Waals surface area contributed by atoms with Crippen LogP contribution in [0.4, 0.5) is 5.69 Å². The third kappa shape index (κ3) is 2.69. The third-order valence-electron chi connectivity index (χ3n) is 2.54. The normalized spacial score (nSPS) is 9.94. The van der Waals surface area contributed by atoms with E-state index in [2.05, 4.69) is 5.32 Å². The molecule has 0 fully saturated rings. The monoisotopic (exact) mass is 229 g/mol. The lowest BCUT2D eigenvalue weighted by Gasteiger charge is -2.12. The second-order valence-electron chi connectivity index (χ2n) is 3.69. The molecule has 0 heterocycles. The Morgan fingerprint density at radius 1 is 1.06 bits per heavy atom. The molecule has 0 saturated heterocycles. The lowest BCUT2D eigenvalue weighted by molar-refractivity contribution is 0.410. The highest BCUT2D eigenvalue weighted by Gasteiger charge is 2.07. The average Bonchev–Trinajstić information content (AvgIpc) is 2.38. The molecule has 3 heteroatoms. The molecule has 0 aliphatic carbocycles. The Labute approximate surface area is 101 Å². The molecule has 88 valence electrons. The number of phenols is 1. The number of methoxy groups -OCH3 is 1. The number of para-hydroxylation sites is 1. The van der Waals surface area contributed by atoms with Crippen molar-refractivity contribution in [3.8, 4) is 11.5 Å². The van der Waals surface area contributed by atoms with Crippen molar-refractivity contribution in [1.29, 1.82) is 0 Å². The summed E-state index contributed by atoms with van der Waals surface area (Å²) in [4.78, 5) is 0. The van der Waals surface area contributed by atoms with E-state index in [0.29, 0.717) is 18.0 Å². The van der Waals surface area contributed by atoms with E-state index in [1.165, 1.54) is 0 Å². The zero-order chi connectivity index (χ0) is 12.1. The second kappa shape index (κ2) is 5.25. The van der Waals surface area contributed by atoms with Crippen molar-refractivity contribution < 1.29 is 9.84 Å². The van der Waals surface area contributed by atoms with Crippen molar-refractivity contribution in [3.05, 3.63) is 54.1 Å². The quantitative estimate of drug-likeness (QED) is 0.792. The summed E-state index contributed by atoms with van der Waals surface area (Å²) in [5, 5.41) is 12.9. The molecule has 0 unspecified atom stereocenters. The van der Waals surface area contributed by atoms with Gasteiger partial charge in [0.25, 0.3) is 0 Å². The first-order valence-electron chi connectivity index (χ1n) is 5.45. The van der Waals surface area contributed by atoms with Gasteiger partial charge in [-0.25, -0.2) is 0 Å². The van der Waals surface area contributed by atoms with E-state index in [4.69, 9.17) is 4.74 Å². The zero-order valence-electron chi connectivity index (χ0n) is 9.68. The fraction of sp³-hybridized carbons (Fsp3) is 0.143. The van der Waals surface area contributed by atoms with Crippen LogP contribution in [0.1, 0.15) is 5.56 Å². The van der Waals surface area contributed by atoms with Gasteiger partial charge in [-0.15, -0.1) is 0 Å². The number of phenolic OH excluding ortho intramolecular Hbond substituents is 1. The number of anilines is 1. The molecular formula is C14H15NO2. The van der Waals surface area contributed by atoms with Crippen molar-refractivity contribution in [3.63, 3.8) is 0 Å². The van der Waals surface area contributed by atoms with Gasteiger partial charge in [0.15, 0.2) is 0 Å². The molecular weight excluding hydrogens is 214 g/mol. The fourth-order valence-electron chi connectivity index (χ4n) is 1.65. The van der Waals surface area contributed by atoms with E-state index < -0.39 is 0 Å². The van der Waals surface area contributed by atoms with E-state index >= 15 is 0 Å². The van der Waals surface area contributed by atoms with Gasteiger partial charge in [-0.05, 0) is 17.7 Å². The van der Waals surface area contributed by atoms with Crippen LogP contribution in [0.25, 0.3) is 0 Å². The first kappa shape index (κ1) is 11.3. The maximum Gasteiger partial charge on any atom is 0.145 e. The number of hydrogen-bond donors (Lipinski definition) is 2. The summed E-state index contributed by atoms with van der Waals surface area (Å²) in [5.41, 5.74) is 1.77. The summed E-state index contributed by atoms with van der Waals surface area (Å²) in [6.07, 6.45) is 0. The van der Waals surface area contributed by atoms with Crippen molar-refractivity contribution in [1.82, 2.24) is 0 Å². The number of rotatable bonds is 4. The van der Waals surface area contributed by atoms with Crippen LogP contribution in [0.5, 0.6) is 11.5 Å². The minimum atomic E-state index is 0.195. The first-order valence-corrected chi connectivity index (χ1v) is 5.45. The van der Waals surface area contributed by atoms with Gasteiger partial charge >= 0.3 is 0 Å². The fourth-order valence-corrected chi connectivity index (χ4v) is 1.65. The highest BCUT2D eigenvalue weighted by molar-refractivity contribution is 5.65. The van der Waals surface area contributed by atoms with Gasteiger partial charge in [0.1, 0.15) is 17.2 Å². The molecule has 0 aromatic heterocycles. The highest BCUT2D eigenvalue weighted by Crippen LogP contribution is 2.33. The smallest absolute Gasteiger partial charge is 0.145 e. The summed E-state index contributed by atoms with van der Waals surface area (Å²) in [7, 11) is 1.59. The molecule has 0 aliphatic rings. The predicted molar refractivity (Wildman–Crippen MR) is 68.4 cm³/mol. The highest BCUT2D eigenvalue weighted by atomic mass is 16.5. The lowest BCUT2D eigenvalue weighted by Crippen LogP contribution is -2.01. The van der Waals surface area contributed by atoms with Crippen LogP contribution < -0.4 is 10.1 Å². The van der Waals surface area contributed by atoms with Crippen molar-refractivity contribution in [2.75, 3.05) is 12.4 Å². The summed E-state index contributed by atoms with van der Waals surface area (Å²) < 4.78 is 5.19. The Bertz CT molecular complexity index is 483. The molecule has 0 aliphatic heterocycles. The van der Waals surface area contributed by atoms with E-state index in [-0.39, 0.29) is 5.75 Å². The molecule has 0 amide bonds. The molecule has 0 atom stereocenters. The molecule has 3 nitrogen and oxygen atoms in total. The van der Waals surface area contributed by atoms with E-state index in [0.717, 1.165) is 5.56 Å². The topological polar surface area (TPSA) is 41.5 Å². The van der Waals surface area contributed by atoms with Crippen LogP contribution in [0.2, 0.25) is 0 Å². The number of benzene rings is 2. The van der Waals surface area contributed by atoms with Crippen LogP contribution in [0, 0.1) is 0 Å². The SMILES string of the molecule is COc1cccc(O)c1NCc1ccccc1. The number of hydrogen-bond acceptors (Lipinski definition) is 3. The minimum Gasteiger partial charge on any atom is -0.506 e. The zero-order valence-corrected chi connectivity index (χ0v) is 9.68. The van der Waals surface area contributed by atoms with Gasteiger partial charge in [0.2, 0.25) is 0 Å². The van der Waals surface area contributed by atoms with Gasteiger partial charge in [-0.1, -0.05) is 36.4 Å². The molecule has 0 saturated carbocycles. The number of nitrogens with one attached hydrogen (secondary N) is 1. The van der Waals surface area contributed by atoms with Crippen molar-refractivity contribution in [2.45, 2.75) is 6.54 Å². The molecule has 0 radical (unpaired) electrons. The van der Waals surface area contributed by atoms with Crippen molar-refractivity contribution >= 4 is 5.69 Å².